The Balaban J connectivity index is 1.40. The third kappa shape index (κ3) is 8.19. The molecule has 1 saturated heterocycles. The molecule has 4 unspecified atom stereocenters. The van der Waals surface area contributed by atoms with Gasteiger partial charge >= 0.3 is 0 Å². The molecule has 54 heavy (non-hydrogen) atoms. The molecule has 6 rings (SSSR count). The van der Waals surface area contributed by atoms with Gasteiger partial charge < -0.3 is 30.3 Å². The van der Waals surface area contributed by atoms with Gasteiger partial charge in [0, 0.05) is 42.2 Å². The number of piperidine rings is 1. The topological polar surface area (TPSA) is 161 Å². The van der Waals surface area contributed by atoms with E-state index in [2.05, 4.69) is 5.32 Å². The number of rotatable bonds is 13. The largest absolute Gasteiger partial charge is 0.496 e. The highest BCUT2D eigenvalue weighted by atomic mass is 35.5. The quantitative estimate of drug-likeness (QED) is 0.0696. The molecule has 0 bridgehead atoms. The zero-order valence-electron chi connectivity index (χ0n) is 29.6. The third-order valence-corrected chi connectivity index (χ3v) is 12.1. The van der Waals surface area contributed by atoms with E-state index < -0.39 is 23.1 Å². The van der Waals surface area contributed by atoms with Crippen LogP contribution in [0.4, 0.5) is 11.4 Å². The number of ether oxygens (including phenoxy) is 2. The van der Waals surface area contributed by atoms with Gasteiger partial charge in [-0.2, -0.15) is 0 Å². The molecular formula is C38H41ClN6O7S2. The van der Waals surface area contributed by atoms with Crippen LogP contribution in [0.5, 0.6) is 5.75 Å². The number of thioether (sulfide) groups is 1. The first-order valence-corrected chi connectivity index (χ1v) is 19.3. The third-order valence-electron chi connectivity index (χ3n) is 9.93. The number of nitrogens with zero attached hydrogens (tertiary/aromatic N) is 4. The second kappa shape index (κ2) is 17.6. The van der Waals surface area contributed by atoms with Crippen LogP contribution in [0.2, 0.25) is 5.02 Å². The molecule has 16 heteroatoms. The fourth-order valence-corrected chi connectivity index (χ4v) is 9.54. The van der Waals surface area contributed by atoms with Crippen LogP contribution in [0.15, 0.2) is 83.4 Å². The summed E-state index contributed by atoms with van der Waals surface area (Å²) >= 11 is 14.3. The second-order valence-corrected chi connectivity index (χ2v) is 15.1. The highest BCUT2D eigenvalue weighted by Crippen LogP contribution is 2.55. The van der Waals surface area contributed by atoms with E-state index in [9.17, 15) is 24.5 Å². The van der Waals surface area contributed by atoms with Gasteiger partial charge in [0.1, 0.15) is 11.4 Å². The van der Waals surface area contributed by atoms with Gasteiger partial charge in [-0.25, -0.2) is 0 Å². The van der Waals surface area contributed by atoms with Gasteiger partial charge in [0.05, 0.1) is 29.2 Å². The Morgan fingerprint density at radius 1 is 1.15 bits per heavy atom. The lowest BCUT2D eigenvalue weighted by Gasteiger charge is -2.41. The van der Waals surface area contributed by atoms with Crippen LogP contribution in [-0.4, -0.2) is 87.8 Å². The van der Waals surface area contributed by atoms with Crippen molar-refractivity contribution in [2.45, 2.75) is 49.6 Å². The van der Waals surface area contributed by atoms with Gasteiger partial charge in [-0.05, 0) is 79.3 Å². The number of unbranched alkanes of at least 4 members (excludes halogenated alkanes) is 1. The van der Waals surface area contributed by atoms with E-state index in [0.29, 0.717) is 71.8 Å². The summed E-state index contributed by atoms with van der Waals surface area (Å²) in [4.78, 5) is 57.7. The van der Waals surface area contributed by atoms with Crippen molar-refractivity contribution < 1.29 is 28.8 Å². The zero-order chi connectivity index (χ0) is 38.4. The second-order valence-electron chi connectivity index (χ2n) is 13.1. The number of amides is 2. The number of anilines is 1. The van der Waals surface area contributed by atoms with E-state index in [1.165, 1.54) is 29.8 Å². The molecule has 13 nitrogen and oxygen atoms in total. The molecule has 3 aromatic rings. The molecule has 2 amide bonds. The van der Waals surface area contributed by atoms with Gasteiger partial charge in [0.25, 0.3) is 24.3 Å². The monoisotopic (exact) mass is 792 g/mol. The minimum atomic E-state index is -1.54. The lowest BCUT2D eigenvalue weighted by Crippen LogP contribution is -2.53. The maximum Gasteiger partial charge on any atom is 0.296 e. The van der Waals surface area contributed by atoms with E-state index in [1.54, 1.807) is 29.2 Å². The summed E-state index contributed by atoms with van der Waals surface area (Å²) in [5.74, 6) is -0.676. The van der Waals surface area contributed by atoms with Crippen LogP contribution in [0.1, 0.15) is 42.9 Å². The van der Waals surface area contributed by atoms with Crippen LogP contribution < -0.4 is 15.8 Å². The van der Waals surface area contributed by atoms with Crippen LogP contribution in [0, 0.1) is 16.0 Å². The minimum Gasteiger partial charge on any atom is -0.496 e. The number of hydrogen-bond donors (Lipinski definition) is 2. The smallest absolute Gasteiger partial charge is 0.296 e. The number of nitrogens with two attached hydrogens (primary N) is 1. The highest BCUT2D eigenvalue weighted by molar-refractivity contribution is 8.04. The summed E-state index contributed by atoms with van der Waals surface area (Å²) in [7, 11) is 1.44. The molecule has 0 aromatic heterocycles. The lowest BCUT2D eigenvalue weighted by atomic mass is 9.82. The van der Waals surface area contributed by atoms with Crippen molar-refractivity contribution in [1.82, 2.24) is 14.7 Å². The summed E-state index contributed by atoms with van der Waals surface area (Å²) in [6.07, 6.45) is 0.730. The predicted octanol–water partition coefficient (Wildman–Crippen LogP) is 5.89. The number of likely N-dealkylation sites (tertiary alicyclic amines) is 1. The van der Waals surface area contributed by atoms with E-state index in [-0.39, 0.29) is 47.9 Å². The molecule has 0 aliphatic carbocycles. The van der Waals surface area contributed by atoms with Crippen molar-refractivity contribution in [2.75, 3.05) is 38.6 Å². The molecule has 3 N–H and O–H groups in total. The number of halogens is 1. The van der Waals surface area contributed by atoms with E-state index in [1.807, 2.05) is 47.4 Å². The van der Waals surface area contributed by atoms with Gasteiger partial charge in [-0.1, -0.05) is 60.1 Å². The van der Waals surface area contributed by atoms with Crippen molar-refractivity contribution in [3.8, 4) is 5.75 Å². The van der Waals surface area contributed by atoms with Crippen LogP contribution in [-0.2, 0) is 25.5 Å². The van der Waals surface area contributed by atoms with Gasteiger partial charge in [0.2, 0.25) is 5.91 Å². The molecule has 1 fully saturated rings. The lowest BCUT2D eigenvalue weighted by molar-refractivity contribution is -0.384. The molecule has 0 radical (unpaired) electrons. The van der Waals surface area contributed by atoms with E-state index >= 15 is 0 Å². The normalized spacial score (nSPS) is 20.9. The number of carbonyl (C=O) groups is 3. The highest BCUT2D eigenvalue weighted by Gasteiger charge is 2.53. The molecular weight excluding hydrogens is 752 g/mol. The average Bonchev–Trinajstić information content (AvgIpc) is 3.51. The minimum absolute atomic E-state index is 0.0865. The Kier molecular flexibility index (Phi) is 12.7. The van der Waals surface area contributed by atoms with E-state index in [4.69, 9.17) is 39.0 Å². The number of nitrogens with one attached hydrogen (secondary N) is 1. The van der Waals surface area contributed by atoms with Crippen LogP contribution in [0.25, 0.3) is 0 Å². The number of methoxy groups -OCH3 is 1. The molecule has 0 saturated carbocycles. The number of benzene rings is 3. The van der Waals surface area contributed by atoms with Crippen LogP contribution in [0.3, 0.4) is 0 Å². The molecule has 3 aromatic carbocycles. The van der Waals surface area contributed by atoms with Crippen molar-refractivity contribution in [3.63, 3.8) is 0 Å². The standard InChI is InChI=1S/C38H41ClN6O7S2/c1-51-25-14-15-29(30(21-25)45(49)50)41-38(53)42-19-17-27-31(22-42)54-37-33(27)34(26-11-5-6-12-28(26)39)44(32(47)13-7-8-18-40)36(52-23-46)35(48)43(37)20-16-24-9-3-2-4-10-24/h2-6,9-12,14-15,21,23,27,31,34,36H,7-8,13,16-20,22,40H2,1H3,(H,41,53). The summed E-state index contributed by atoms with van der Waals surface area (Å²) in [5.41, 5.74) is 8.31. The van der Waals surface area contributed by atoms with Crippen molar-refractivity contribution in [1.29, 1.82) is 0 Å². The summed E-state index contributed by atoms with van der Waals surface area (Å²) in [5, 5.41) is 16.3. The summed E-state index contributed by atoms with van der Waals surface area (Å²) < 4.78 is 10.8. The molecule has 3 heterocycles. The Morgan fingerprint density at radius 2 is 1.91 bits per heavy atom. The Hall–Kier alpha value is -4.70. The summed E-state index contributed by atoms with van der Waals surface area (Å²) in [6.45, 7) is 1.82. The molecule has 3 aliphatic heterocycles. The SMILES string of the molecule is COc1ccc(NC(=S)N2CCC3C4=C(SC3C2)N(CCc2ccccc2)C(=O)C(OC=O)N(C(=O)CCCCN)C4c2ccccc2Cl)c([N+](=O)[O-])c1. The first-order chi connectivity index (χ1) is 26.2. The summed E-state index contributed by atoms with van der Waals surface area (Å²) in [6, 6.07) is 20.7. The number of nitro groups is 1. The fourth-order valence-electron chi connectivity index (χ4n) is 7.32. The van der Waals surface area contributed by atoms with E-state index in [0.717, 1.165) is 11.1 Å². The van der Waals surface area contributed by atoms with Crippen molar-refractivity contribution >= 4 is 70.4 Å². The number of thiocarbonyl (C=S) groups is 1. The first kappa shape index (κ1) is 39.0. The van der Waals surface area contributed by atoms with Gasteiger partial charge in [0.15, 0.2) is 5.11 Å². The Bertz CT molecular complexity index is 1930. The molecule has 284 valence electrons. The maximum atomic E-state index is 14.8. The molecule has 3 aliphatic rings. The van der Waals surface area contributed by atoms with Gasteiger partial charge in [-0.15, -0.1) is 11.8 Å². The predicted molar refractivity (Wildman–Crippen MR) is 211 cm³/mol. The molecule has 0 spiro atoms. The number of fused-ring (bicyclic) bond motifs is 2. The maximum absolute atomic E-state index is 14.8. The zero-order valence-corrected chi connectivity index (χ0v) is 32.0. The number of nitro benzene ring substituents is 1. The number of carbonyl (C=O) groups excluding carboxylic acids is 3. The Labute approximate surface area is 327 Å². The van der Waals surface area contributed by atoms with Crippen molar-refractivity contribution in [3.05, 3.63) is 110 Å². The number of hydrogen-bond acceptors (Lipinski definition) is 10. The fraction of sp³-hybridized carbons (Fsp3) is 0.368. The van der Waals surface area contributed by atoms with Crippen LogP contribution >= 0.6 is 35.6 Å². The van der Waals surface area contributed by atoms with Crippen molar-refractivity contribution in [2.24, 2.45) is 11.7 Å². The molecule has 4 atom stereocenters. The first-order valence-electron chi connectivity index (χ1n) is 17.7. The Morgan fingerprint density at radius 3 is 2.61 bits per heavy atom. The average molecular weight is 793 g/mol. The van der Waals surface area contributed by atoms with Gasteiger partial charge in [-0.3, -0.25) is 29.4 Å².